The molecule has 0 bridgehead atoms. The van der Waals surface area contributed by atoms with Crippen LogP contribution < -0.4 is 14.4 Å². The molecule has 2 rings (SSSR count). The van der Waals surface area contributed by atoms with Gasteiger partial charge in [0, 0.05) is 18.9 Å². The van der Waals surface area contributed by atoms with Gasteiger partial charge in [0.1, 0.15) is 11.8 Å². The molecule has 1 N–H and O–H groups in total. The van der Waals surface area contributed by atoms with Crippen LogP contribution in [0.25, 0.3) is 0 Å². The third-order valence-corrected chi connectivity index (χ3v) is 4.95. The summed E-state index contributed by atoms with van der Waals surface area (Å²) in [6, 6.07) is 9.27. The molecule has 0 unspecified atom stereocenters. The van der Waals surface area contributed by atoms with Gasteiger partial charge in [-0.2, -0.15) is 0 Å². The molecular weight excluding hydrogens is 354 g/mol. The molecule has 8 heteroatoms. The van der Waals surface area contributed by atoms with Crippen LogP contribution in [0.15, 0.2) is 48.8 Å². The highest BCUT2D eigenvalue weighted by atomic mass is 32.2. The van der Waals surface area contributed by atoms with Crippen LogP contribution in [0.3, 0.4) is 0 Å². The van der Waals surface area contributed by atoms with Crippen molar-refractivity contribution in [1.82, 2.24) is 10.3 Å². The molecule has 0 aliphatic carbocycles. The Morgan fingerprint density at radius 2 is 1.81 bits per heavy atom. The van der Waals surface area contributed by atoms with Crippen molar-refractivity contribution in [3.05, 3.63) is 54.4 Å². The Labute approximate surface area is 154 Å². The second kappa shape index (κ2) is 8.66. The average Bonchev–Trinajstić information content (AvgIpc) is 2.61. The van der Waals surface area contributed by atoms with Crippen molar-refractivity contribution in [2.75, 3.05) is 17.2 Å². The number of sulfonamides is 1. The van der Waals surface area contributed by atoms with Gasteiger partial charge < -0.3 is 10.1 Å². The van der Waals surface area contributed by atoms with Crippen molar-refractivity contribution in [2.24, 2.45) is 0 Å². The third kappa shape index (κ3) is 5.19. The van der Waals surface area contributed by atoms with Gasteiger partial charge in [0.15, 0.2) is 0 Å². The first-order valence-electron chi connectivity index (χ1n) is 8.21. The Hall–Kier alpha value is -2.61. The van der Waals surface area contributed by atoms with Crippen molar-refractivity contribution in [3.63, 3.8) is 0 Å². The molecule has 1 amide bonds. The van der Waals surface area contributed by atoms with Gasteiger partial charge in [-0.05, 0) is 55.8 Å². The van der Waals surface area contributed by atoms with E-state index < -0.39 is 16.1 Å². The molecule has 1 atom stereocenters. The summed E-state index contributed by atoms with van der Waals surface area (Å²) in [5, 5.41) is 2.76. The van der Waals surface area contributed by atoms with Gasteiger partial charge in [-0.15, -0.1) is 0 Å². The second-order valence-corrected chi connectivity index (χ2v) is 7.59. The van der Waals surface area contributed by atoms with Crippen LogP contribution >= 0.6 is 0 Å². The topological polar surface area (TPSA) is 88.6 Å². The van der Waals surface area contributed by atoms with Gasteiger partial charge in [0.05, 0.1) is 18.6 Å². The summed E-state index contributed by atoms with van der Waals surface area (Å²) < 4.78 is 31.0. The number of carbonyl (C=O) groups excluding carboxylic acids is 1. The number of benzene rings is 1. The molecule has 1 aromatic heterocycles. The molecule has 26 heavy (non-hydrogen) atoms. The summed E-state index contributed by atoms with van der Waals surface area (Å²) in [6.45, 7) is 4.24. The van der Waals surface area contributed by atoms with Crippen LogP contribution in [-0.2, 0) is 21.4 Å². The van der Waals surface area contributed by atoms with Crippen LogP contribution in [0.1, 0.15) is 19.4 Å². The van der Waals surface area contributed by atoms with Gasteiger partial charge in [-0.25, -0.2) is 8.42 Å². The van der Waals surface area contributed by atoms with E-state index in [9.17, 15) is 13.2 Å². The largest absolute Gasteiger partial charge is 0.494 e. The molecule has 140 valence electrons. The van der Waals surface area contributed by atoms with Gasteiger partial charge in [-0.1, -0.05) is 0 Å². The lowest BCUT2D eigenvalue weighted by atomic mass is 10.2. The highest BCUT2D eigenvalue weighted by molar-refractivity contribution is 7.92. The Morgan fingerprint density at radius 1 is 1.19 bits per heavy atom. The first-order valence-corrected chi connectivity index (χ1v) is 10.1. The molecule has 0 spiro atoms. The molecule has 1 heterocycles. The normalized spacial score (nSPS) is 12.3. The standard InChI is InChI=1S/C18H23N3O4S/c1-4-25-17-7-5-16(6-8-17)21(26(3,23)24)14(2)18(22)20-13-15-9-11-19-12-10-15/h5-12,14H,4,13H2,1-3H3,(H,20,22)/t14-/m0/s1. The van der Waals surface area contributed by atoms with E-state index in [1.165, 1.54) is 0 Å². The number of nitrogens with zero attached hydrogens (tertiary/aromatic N) is 2. The number of amides is 1. The quantitative estimate of drug-likeness (QED) is 0.760. The molecule has 7 nitrogen and oxygen atoms in total. The Kier molecular flexibility index (Phi) is 6.57. The molecule has 0 radical (unpaired) electrons. The number of nitrogens with one attached hydrogen (secondary N) is 1. The van der Waals surface area contributed by atoms with Crippen LogP contribution in [0, 0.1) is 0 Å². The minimum atomic E-state index is -3.65. The molecule has 0 fully saturated rings. The lowest BCUT2D eigenvalue weighted by molar-refractivity contribution is -0.122. The zero-order valence-electron chi connectivity index (χ0n) is 15.0. The highest BCUT2D eigenvalue weighted by Gasteiger charge is 2.28. The number of aromatic nitrogens is 1. The SMILES string of the molecule is CCOc1ccc(N([C@@H](C)C(=O)NCc2ccncc2)S(C)(=O)=O)cc1. The van der Waals surface area contributed by atoms with E-state index in [-0.39, 0.29) is 5.91 Å². The number of hydrogen-bond donors (Lipinski definition) is 1. The van der Waals surface area contributed by atoms with Gasteiger partial charge in [0.25, 0.3) is 0 Å². The summed E-state index contributed by atoms with van der Waals surface area (Å²) in [5.74, 6) is 0.251. The Morgan fingerprint density at radius 3 is 2.35 bits per heavy atom. The number of pyridine rings is 1. The van der Waals surface area contributed by atoms with Crippen molar-refractivity contribution in [2.45, 2.75) is 26.4 Å². The van der Waals surface area contributed by atoms with Gasteiger partial charge >= 0.3 is 0 Å². The fraction of sp³-hybridized carbons (Fsp3) is 0.333. The number of anilines is 1. The van der Waals surface area contributed by atoms with Gasteiger partial charge in [0.2, 0.25) is 15.9 Å². The smallest absolute Gasteiger partial charge is 0.243 e. The van der Waals surface area contributed by atoms with E-state index >= 15 is 0 Å². The lowest BCUT2D eigenvalue weighted by Gasteiger charge is -2.28. The van der Waals surface area contributed by atoms with Crippen LogP contribution in [0.2, 0.25) is 0 Å². The number of hydrogen-bond acceptors (Lipinski definition) is 5. The first kappa shape index (κ1) is 19.7. The molecule has 0 aliphatic rings. The highest BCUT2D eigenvalue weighted by Crippen LogP contribution is 2.24. The molecule has 0 aliphatic heterocycles. The molecule has 0 saturated carbocycles. The van der Waals surface area contributed by atoms with E-state index in [2.05, 4.69) is 10.3 Å². The molecular formula is C18H23N3O4S. The monoisotopic (exact) mass is 377 g/mol. The number of ether oxygens (including phenoxy) is 1. The lowest BCUT2D eigenvalue weighted by Crippen LogP contribution is -2.47. The Balaban J connectivity index is 2.16. The van der Waals surface area contributed by atoms with E-state index in [0.717, 1.165) is 16.1 Å². The van der Waals surface area contributed by atoms with Crippen LogP contribution in [-0.4, -0.2) is 38.2 Å². The van der Waals surface area contributed by atoms with Gasteiger partial charge in [-0.3, -0.25) is 14.1 Å². The second-order valence-electron chi connectivity index (χ2n) is 5.73. The molecule has 0 saturated heterocycles. The average molecular weight is 377 g/mol. The third-order valence-electron chi connectivity index (χ3n) is 3.71. The Bertz CT molecular complexity index is 823. The van der Waals surface area contributed by atoms with E-state index in [1.807, 2.05) is 6.92 Å². The maximum atomic E-state index is 12.5. The fourth-order valence-corrected chi connectivity index (χ4v) is 3.68. The summed E-state index contributed by atoms with van der Waals surface area (Å²) >= 11 is 0. The predicted octanol–water partition coefficient (Wildman–Crippen LogP) is 1.95. The number of rotatable bonds is 8. The van der Waals surface area contributed by atoms with Crippen molar-refractivity contribution in [1.29, 1.82) is 0 Å². The summed E-state index contributed by atoms with van der Waals surface area (Å²) in [4.78, 5) is 16.4. The predicted molar refractivity (Wildman–Crippen MR) is 100 cm³/mol. The van der Waals surface area contributed by atoms with Crippen molar-refractivity contribution in [3.8, 4) is 5.75 Å². The van der Waals surface area contributed by atoms with Crippen LogP contribution in [0.5, 0.6) is 5.75 Å². The maximum absolute atomic E-state index is 12.5. The summed E-state index contributed by atoms with van der Waals surface area (Å²) in [6.07, 6.45) is 4.34. The van der Waals surface area contributed by atoms with Crippen molar-refractivity contribution >= 4 is 21.6 Å². The van der Waals surface area contributed by atoms with Crippen LogP contribution in [0.4, 0.5) is 5.69 Å². The summed E-state index contributed by atoms with van der Waals surface area (Å²) in [5.41, 5.74) is 1.29. The van der Waals surface area contributed by atoms with E-state index in [1.54, 1.807) is 55.7 Å². The van der Waals surface area contributed by atoms with E-state index in [0.29, 0.717) is 24.6 Å². The minimum absolute atomic E-state index is 0.298. The zero-order chi connectivity index (χ0) is 19.2. The van der Waals surface area contributed by atoms with Crippen molar-refractivity contribution < 1.29 is 17.9 Å². The fourth-order valence-electron chi connectivity index (χ4n) is 2.50. The number of carbonyl (C=O) groups is 1. The maximum Gasteiger partial charge on any atom is 0.243 e. The first-order chi connectivity index (χ1) is 12.3. The zero-order valence-corrected chi connectivity index (χ0v) is 15.9. The molecule has 2 aromatic rings. The minimum Gasteiger partial charge on any atom is -0.494 e. The molecule has 1 aromatic carbocycles. The summed E-state index contributed by atoms with van der Waals surface area (Å²) in [7, 11) is -3.65. The van der Waals surface area contributed by atoms with E-state index in [4.69, 9.17) is 4.74 Å².